The van der Waals surface area contributed by atoms with Gasteiger partial charge in [-0.1, -0.05) is 78.9 Å². The molecule has 4 heteroatoms. The number of nitrogens with zero attached hydrogens (tertiary/aromatic N) is 2. The zero-order valence-corrected chi connectivity index (χ0v) is 18.8. The Balaban J connectivity index is 1.23. The van der Waals surface area contributed by atoms with Gasteiger partial charge in [0.25, 0.3) is 0 Å². The van der Waals surface area contributed by atoms with Gasteiger partial charge in [-0.25, -0.2) is 0 Å². The fourth-order valence-electron chi connectivity index (χ4n) is 3.87. The van der Waals surface area contributed by atoms with E-state index in [2.05, 4.69) is 65.3 Å². The molecule has 1 fully saturated rings. The second-order valence-electron chi connectivity index (χ2n) is 8.08. The summed E-state index contributed by atoms with van der Waals surface area (Å²) in [5, 5.41) is 0. The Morgan fingerprint density at radius 1 is 0.812 bits per heavy atom. The van der Waals surface area contributed by atoms with Crippen molar-refractivity contribution >= 4 is 6.08 Å². The first-order valence-electron chi connectivity index (χ1n) is 11.4. The van der Waals surface area contributed by atoms with Crippen LogP contribution in [0, 0.1) is 0 Å². The van der Waals surface area contributed by atoms with E-state index in [4.69, 9.17) is 9.47 Å². The highest BCUT2D eigenvalue weighted by molar-refractivity contribution is 5.48. The van der Waals surface area contributed by atoms with Crippen molar-refractivity contribution in [2.75, 3.05) is 32.7 Å². The molecule has 0 spiro atoms. The molecule has 0 aliphatic carbocycles. The summed E-state index contributed by atoms with van der Waals surface area (Å²) in [6, 6.07) is 28.5. The third kappa shape index (κ3) is 6.54. The summed E-state index contributed by atoms with van der Waals surface area (Å²) in [4.78, 5) is 4.91. The van der Waals surface area contributed by atoms with Crippen molar-refractivity contribution in [3.8, 4) is 11.5 Å². The van der Waals surface area contributed by atoms with Crippen molar-refractivity contribution in [2.45, 2.75) is 19.8 Å². The summed E-state index contributed by atoms with van der Waals surface area (Å²) < 4.78 is 12.3. The van der Waals surface area contributed by atoms with Crippen LogP contribution >= 0.6 is 0 Å². The Kier molecular flexibility index (Phi) is 8.10. The van der Waals surface area contributed by atoms with Crippen LogP contribution in [-0.2, 0) is 11.3 Å². The van der Waals surface area contributed by atoms with Crippen LogP contribution in [0.4, 0.5) is 0 Å². The molecule has 0 saturated carbocycles. The van der Waals surface area contributed by atoms with Gasteiger partial charge < -0.3 is 9.47 Å². The zero-order valence-electron chi connectivity index (χ0n) is 18.8. The van der Waals surface area contributed by atoms with Crippen LogP contribution in [-0.4, -0.2) is 48.8 Å². The smallest absolute Gasteiger partial charge is 0.132 e. The first-order valence-corrected chi connectivity index (χ1v) is 11.4. The summed E-state index contributed by atoms with van der Waals surface area (Å²) in [7, 11) is 0. The average molecular weight is 429 g/mol. The van der Waals surface area contributed by atoms with Crippen LogP contribution in [0.2, 0.25) is 0 Å². The number of piperazine rings is 1. The largest absolute Gasteiger partial charge is 0.457 e. The van der Waals surface area contributed by atoms with Crippen molar-refractivity contribution < 1.29 is 9.47 Å². The third-order valence-electron chi connectivity index (χ3n) is 5.82. The molecule has 0 amide bonds. The topological polar surface area (TPSA) is 24.9 Å². The lowest BCUT2D eigenvalue weighted by Crippen LogP contribution is -2.50. The number of rotatable bonds is 9. The van der Waals surface area contributed by atoms with Crippen molar-refractivity contribution in [3.63, 3.8) is 0 Å². The average Bonchev–Trinajstić information content (AvgIpc) is 2.85. The highest BCUT2D eigenvalue weighted by Gasteiger charge is 2.21. The van der Waals surface area contributed by atoms with E-state index >= 15 is 0 Å². The van der Waals surface area contributed by atoms with Gasteiger partial charge in [0.15, 0.2) is 0 Å². The minimum atomic E-state index is 0.0711. The van der Waals surface area contributed by atoms with Crippen LogP contribution < -0.4 is 4.74 Å². The summed E-state index contributed by atoms with van der Waals surface area (Å²) in [5.41, 5.74) is 2.32. The maximum Gasteiger partial charge on any atom is 0.132 e. The predicted octanol–water partition coefficient (Wildman–Crippen LogP) is 5.67. The van der Waals surface area contributed by atoms with E-state index in [0.29, 0.717) is 6.61 Å². The van der Waals surface area contributed by atoms with Gasteiger partial charge in [-0.15, -0.1) is 0 Å². The van der Waals surface area contributed by atoms with E-state index in [9.17, 15) is 0 Å². The molecule has 0 N–H and O–H groups in total. The van der Waals surface area contributed by atoms with E-state index in [1.807, 2.05) is 48.5 Å². The van der Waals surface area contributed by atoms with E-state index < -0.39 is 0 Å². The molecule has 1 heterocycles. The lowest BCUT2D eigenvalue weighted by atomic mass is 10.2. The molecule has 1 atom stereocenters. The second-order valence-corrected chi connectivity index (χ2v) is 8.08. The molecule has 3 aromatic rings. The molecule has 1 aliphatic rings. The highest BCUT2D eigenvalue weighted by Crippen LogP contribution is 2.26. The molecule has 0 aromatic heterocycles. The van der Waals surface area contributed by atoms with Gasteiger partial charge in [0.05, 0.1) is 6.61 Å². The van der Waals surface area contributed by atoms with Crippen molar-refractivity contribution in [2.24, 2.45) is 0 Å². The molecule has 3 aromatic carbocycles. The first-order chi connectivity index (χ1) is 15.8. The van der Waals surface area contributed by atoms with Crippen LogP contribution in [0.5, 0.6) is 11.5 Å². The molecule has 1 aliphatic heterocycles. The maximum absolute atomic E-state index is 6.23. The van der Waals surface area contributed by atoms with E-state index in [-0.39, 0.29) is 6.23 Å². The van der Waals surface area contributed by atoms with Gasteiger partial charge in [-0.05, 0) is 30.7 Å². The van der Waals surface area contributed by atoms with Gasteiger partial charge in [-0.2, -0.15) is 0 Å². The number of hydrogen-bond donors (Lipinski definition) is 0. The van der Waals surface area contributed by atoms with Crippen LogP contribution in [0.1, 0.15) is 18.1 Å². The van der Waals surface area contributed by atoms with E-state index in [0.717, 1.165) is 49.8 Å². The Hall–Kier alpha value is -2.92. The van der Waals surface area contributed by atoms with Gasteiger partial charge in [0.2, 0.25) is 0 Å². The van der Waals surface area contributed by atoms with Gasteiger partial charge in [0, 0.05) is 38.3 Å². The standard InChI is InChI=1S/C28H32N2O2/c1-24(30-21-19-29(20-22-30)18-10-13-25-11-4-2-5-12-25)31-23-26-14-8-9-17-28(26)32-27-15-6-3-7-16-27/h2-17,24H,18-23H2,1H3. The summed E-state index contributed by atoms with van der Waals surface area (Å²) >= 11 is 0. The van der Waals surface area contributed by atoms with Gasteiger partial charge in [0.1, 0.15) is 17.7 Å². The molecule has 1 unspecified atom stereocenters. The molecule has 32 heavy (non-hydrogen) atoms. The Morgan fingerprint density at radius 2 is 1.47 bits per heavy atom. The van der Waals surface area contributed by atoms with Crippen LogP contribution in [0.15, 0.2) is 91.0 Å². The molecule has 4 nitrogen and oxygen atoms in total. The quantitative estimate of drug-likeness (QED) is 0.438. The SMILES string of the molecule is CC(OCc1ccccc1Oc1ccccc1)N1CCN(CC=Cc2ccccc2)CC1. The fourth-order valence-corrected chi connectivity index (χ4v) is 3.87. The highest BCUT2D eigenvalue weighted by atomic mass is 16.5. The predicted molar refractivity (Wildman–Crippen MR) is 131 cm³/mol. The lowest BCUT2D eigenvalue weighted by molar-refractivity contribution is -0.0723. The molecule has 0 radical (unpaired) electrons. The van der Waals surface area contributed by atoms with E-state index in [1.54, 1.807) is 0 Å². The second kappa shape index (κ2) is 11.6. The first kappa shape index (κ1) is 22.3. The van der Waals surface area contributed by atoms with Crippen molar-refractivity contribution in [3.05, 3.63) is 102 Å². The van der Waals surface area contributed by atoms with Gasteiger partial charge in [-0.3, -0.25) is 9.80 Å². The third-order valence-corrected chi connectivity index (χ3v) is 5.82. The minimum Gasteiger partial charge on any atom is -0.457 e. The Morgan fingerprint density at radius 3 is 2.22 bits per heavy atom. The number of para-hydroxylation sites is 2. The Bertz CT molecular complexity index is 967. The maximum atomic E-state index is 6.23. The summed E-state index contributed by atoms with van der Waals surface area (Å²) in [5.74, 6) is 1.69. The van der Waals surface area contributed by atoms with Crippen LogP contribution in [0.25, 0.3) is 6.08 Å². The zero-order chi connectivity index (χ0) is 22.0. The fraction of sp³-hybridized carbons (Fsp3) is 0.286. The van der Waals surface area contributed by atoms with E-state index in [1.165, 1.54) is 5.56 Å². The normalized spacial score (nSPS) is 16.3. The molecule has 1 saturated heterocycles. The number of hydrogen-bond acceptors (Lipinski definition) is 4. The Labute approximate surface area is 191 Å². The molecular formula is C28H32N2O2. The lowest BCUT2D eigenvalue weighted by Gasteiger charge is -2.37. The molecule has 4 rings (SSSR count). The van der Waals surface area contributed by atoms with Crippen molar-refractivity contribution in [1.29, 1.82) is 0 Å². The molecule has 0 bridgehead atoms. The minimum absolute atomic E-state index is 0.0711. The summed E-state index contributed by atoms with van der Waals surface area (Å²) in [6.45, 7) is 7.81. The molecular weight excluding hydrogens is 396 g/mol. The monoisotopic (exact) mass is 428 g/mol. The van der Waals surface area contributed by atoms with Crippen molar-refractivity contribution in [1.82, 2.24) is 9.80 Å². The number of benzene rings is 3. The molecule has 166 valence electrons. The van der Waals surface area contributed by atoms with Gasteiger partial charge >= 0.3 is 0 Å². The summed E-state index contributed by atoms with van der Waals surface area (Å²) in [6.07, 6.45) is 4.53. The number of ether oxygens (including phenoxy) is 2. The van der Waals surface area contributed by atoms with Crippen LogP contribution in [0.3, 0.4) is 0 Å².